The Bertz CT molecular complexity index is 579. The Hall–Kier alpha value is -1.07. The summed E-state index contributed by atoms with van der Waals surface area (Å²) in [5.74, 6) is 0.550. The van der Waals surface area contributed by atoms with Crippen LogP contribution in [0.3, 0.4) is 0 Å². The van der Waals surface area contributed by atoms with Crippen LogP contribution in [-0.2, 0) is 22.2 Å². The molecule has 2 rings (SSSR count). The smallest absolute Gasteiger partial charge is 0.381 e. The highest BCUT2D eigenvalue weighted by Crippen LogP contribution is 2.29. The van der Waals surface area contributed by atoms with Gasteiger partial charge in [0.05, 0.1) is 11.7 Å². The van der Waals surface area contributed by atoms with Crippen LogP contribution >= 0.6 is 24.0 Å². The Morgan fingerprint density at radius 3 is 2.67 bits per heavy atom. The van der Waals surface area contributed by atoms with Crippen molar-refractivity contribution in [2.75, 3.05) is 33.4 Å². The van der Waals surface area contributed by atoms with Crippen molar-refractivity contribution < 1.29 is 22.6 Å². The van der Waals surface area contributed by atoms with Crippen LogP contribution in [0.4, 0.5) is 13.2 Å². The van der Waals surface area contributed by atoms with Gasteiger partial charge in [0.25, 0.3) is 0 Å². The number of ether oxygens (including phenoxy) is 2. The number of nitrogens with one attached hydrogen (secondary N) is 2. The summed E-state index contributed by atoms with van der Waals surface area (Å²) in [5.41, 5.74) is -0.101. The summed E-state index contributed by atoms with van der Waals surface area (Å²) in [5, 5.41) is 6.15. The summed E-state index contributed by atoms with van der Waals surface area (Å²) < 4.78 is 49.3. The van der Waals surface area contributed by atoms with Crippen molar-refractivity contribution >= 4 is 29.9 Å². The molecule has 2 N–H and O–H groups in total. The predicted molar refractivity (Wildman–Crippen MR) is 109 cm³/mol. The molecule has 1 aromatic carbocycles. The highest BCUT2D eigenvalue weighted by molar-refractivity contribution is 14.0. The molecule has 0 atom stereocenters. The molecule has 1 saturated heterocycles. The lowest BCUT2D eigenvalue weighted by molar-refractivity contribution is -0.137. The van der Waals surface area contributed by atoms with Crippen molar-refractivity contribution in [1.29, 1.82) is 0 Å². The van der Waals surface area contributed by atoms with Gasteiger partial charge in [0.1, 0.15) is 0 Å². The third-order valence-corrected chi connectivity index (χ3v) is 4.07. The summed E-state index contributed by atoms with van der Waals surface area (Å²) in [7, 11) is 1.62. The van der Waals surface area contributed by atoms with Crippen LogP contribution in [0.15, 0.2) is 29.3 Å². The molecular weight excluding hydrogens is 474 g/mol. The summed E-state index contributed by atoms with van der Waals surface area (Å²) >= 11 is 0. The van der Waals surface area contributed by atoms with Crippen molar-refractivity contribution in [2.24, 2.45) is 4.99 Å². The van der Waals surface area contributed by atoms with E-state index in [2.05, 4.69) is 15.6 Å². The molecule has 0 bridgehead atoms. The van der Waals surface area contributed by atoms with Gasteiger partial charge < -0.3 is 20.1 Å². The first-order valence-corrected chi connectivity index (χ1v) is 8.79. The average Bonchev–Trinajstić information content (AvgIpc) is 2.64. The van der Waals surface area contributed by atoms with Gasteiger partial charge in [-0.15, -0.1) is 24.0 Å². The minimum atomic E-state index is -4.33. The van der Waals surface area contributed by atoms with E-state index in [4.69, 9.17) is 9.47 Å². The fourth-order valence-electron chi connectivity index (χ4n) is 2.64. The number of benzene rings is 1. The highest BCUT2D eigenvalue weighted by Gasteiger charge is 2.30. The molecule has 0 aromatic heterocycles. The minimum Gasteiger partial charge on any atom is -0.381 e. The molecule has 0 amide bonds. The maximum absolute atomic E-state index is 12.7. The first-order chi connectivity index (χ1) is 12.5. The lowest BCUT2D eigenvalue weighted by Crippen LogP contribution is -2.37. The van der Waals surface area contributed by atoms with Crippen molar-refractivity contribution in [3.05, 3.63) is 35.4 Å². The predicted octanol–water partition coefficient (Wildman–Crippen LogP) is 3.57. The normalized spacial score (nSPS) is 15.9. The fourth-order valence-corrected chi connectivity index (χ4v) is 2.64. The summed E-state index contributed by atoms with van der Waals surface area (Å²) in [6, 6.07) is 5.26. The largest absolute Gasteiger partial charge is 0.416 e. The Morgan fingerprint density at radius 2 is 2.00 bits per heavy atom. The molecule has 0 saturated carbocycles. The molecule has 9 heteroatoms. The van der Waals surface area contributed by atoms with Gasteiger partial charge in [-0.2, -0.15) is 13.2 Å². The molecule has 1 aliphatic heterocycles. The molecular formula is C18H27F3IN3O2. The first-order valence-electron chi connectivity index (χ1n) is 8.79. The van der Waals surface area contributed by atoms with Crippen LogP contribution in [0.2, 0.25) is 0 Å². The van der Waals surface area contributed by atoms with E-state index in [1.807, 2.05) is 0 Å². The Balaban J connectivity index is 0.00000364. The lowest BCUT2D eigenvalue weighted by atomic mass is 10.1. The Kier molecular flexibility index (Phi) is 11.0. The van der Waals surface area contributed by atoms with Gasteiger partial charge in [0, 0.05) is 40.0 Å². The molecule has 0 aliphatic carbocycles. The number of alkyl halides is 3. The van der Waals surface area contributed by atoms with Gasteiger partial charge in [-0.1, -0.05) is 12.1 Å². The first kappa shape index (κ1) is 24.0. The van der Waals surface area contributed by atoms with Gasteiger partial charge in [-0.25, -0.2) is 0 Å². The molecule has 154 valence electrons. The van der Waals surface area contributed by atoms with Crippen LogP contribution in [0.5, 0.6) is 0 Å². The standard InChI is InChI=1S/C18H26F3N3O2.HI/c1-22-17(23-8-3-9-26-16-6-10-25-11-7-16)24-13-14-4-2-5-15(12-14)18(19,20)21;/h2,4-5,12,16H,3,6-11,13H2,1H3,(H2,22,23,24);1H. The van der Waals surface area contributed by atoms with E-state index in [0.29, 0.717) is 24.7 Å². The van der Waals surface area contributed by atoms with E-state index in [0.717, 1.165) is 44.6 Å². The molecule has 0 radical (unpaired) electrons. The van der Waals surface area contributed by atoms with Gasteiger partial charge in [0.15, 0.2) is 5.96 Å². The number of rotatable bonds is 7. The zero-order valence-corrected chi connectivity index (χ0v) is 17.7. The van der Waals surface area contributed by atoms with E-state index in [-0.39, 0.29) is 36.6 Å². The summed E-state index contributed by atoms with van der Waals surface area (Å²) in [6.45, 7) is 3.11. The molecule has 0 spiro atoms. The van der Waals surface area contributed by atoms with Crippen LogP contribution in [0.1, 0.15) is 30.4 Å². The molecule has 1 aromatic rings. The topological polar surface area (TPSA) is 54.9 Å². The SMILES string of the molecule is CN=C(NCCCOC1CCOCC1)NCc1cccc(C(F)(F)F)c1.I. The van der Waals surface area contributed by atoms with E-state index in [1.54, 1.807) is 13.1 Å². The maximum atomic E-state index is 12.7. The van der Waals surface area contributed by atoms with E-state index < -0.39 is 11.7 Å². The minimum absolute atomic E-state index is 0. The molecule has 1 aliphatic rings. The van der Waals surface area contributed by atoms with Gasteiger partial charge in [-0.3, -0.25) is 4.99 Å². The third-order valence-electron chi connectivity index (χ3n) is 4.07. The zero-order chi connectivity index (χ0) is 18.8. The summed E-state index contributed by atoms with van der Waals surface area (Å²) in [6.07, 6.45) is -1.36. The maximum Gasteiger partial charge on any atom is 0.416 e. The van der Waals surface area contributed by atoms with Gasteiger partial charge >= 0.3 is 6.18 Å². The van der Waals surface area contributed by atoms with Crippen molar-refractivity contribution in [3.63, 3.8) is 0 Å². The Morgan fingerprint density at radius 1 is 1.26 bits per heavy atom. The molecule has 27 heavy (non-hydrogen) atoms. The Labute approximate surface area is 175 Å². The monoisotopic (exact) mass is 501 g/mol. The fraction of sp³-hybridized carbons (Fsp3) is 0.611. The van der Waals surface area contributed by atoms with E-state index in [9.17, 15) is 13.2 Å². The van der Waals surface area contributed by atoms with Gasteiger partial charge in [-0.05, 0) is 37.0 Å². The third kappa shape index (κ3) is 9.11. The van der Waals surface area contributed by atoms with Crippen LogP contribution in [-0.4, -0.2) is 45.5 Å². The van der Waals surface area contributed by atoms with Crippen LogP contribution in [0.25, 0.3) is 0 Å². The van der Waals surface area contributed by atoms with Crippen LogP contribution in [0, 0.1) is 0 Å². The zero-order valence-electron chi connectivity index (χ0n) is 15.3. The van der Waals surface area contributed by atoms with Crippen molar-refractivity contribution in [3.8, 4) is 0 Å². The van der Waals surface area contributed by atoms with E-state index >= 15 is 0 Å². The molecule has 5 nitrogen and oxygen atoms in total. The number of aliphatic imine (C=N–C) groups is 1. The number of hydrogen-bond acceptors (Lipinski definition) is 3. The average molecular weight is 501 g/mol. The van der Waals surface area contributed by atoms with Crippen molar-refractivity contribution in [1.82, 2.24) is 10.6 Å². The molecule has 1 heterocycles. The van der Waals surface area contributed by atoms with Crippen molar-refractivity contribution in [2.45, 2.75) is 38.1 Å². The summed E-state index contributed by atoms with van der Waals surface area (Å²) in [4.78, 5) is 4.08. The second-order valence-electron chi connectivity index (χ2n) is 6.09. The molecule has 1 fully saturated rings. The quantitative estimate of drug-likeness (QED) is 0.260. The lowest BCUT2D eigenvalue weighted by Gasteiger charge is -2.22. The second-order valence-corrected chi connectivity index (χ2v) is 6.09. The number of hydrogen-bond donors (Lipinski definition) is 2. The van der Waals surface area contributed by atoms with Crippen LogP contribution < -0.4 is 10.6 Å². The molecule has 0 unspecified atom stereocenters. The number of halogens is 4. The number of guanidine groups is 1. The van der Waals surface area contributed by atoms with E-state index in [1.165, 1.54) is 6.07 Å². The highest BCUT2D eigenvalue weighted by atomic mass is 127. The number of nitrogens with zero attached hydrogens (tertiary/aromatic N) is 1. The van der Waals surface area contributed by atoms with Gasteiger partial charge in [0.2, 0.25) is 0 Å². The second kappa shape index (κ2) is 12.4.